The van der Waals surface area contributed by atoms with E-state index in [4.69, 9.17) is 0 Å². The molecular weight excluding hydrogens is 543 g/mol. The molecule has 0 N–H and O–H groups in total. The zero-order valence-corrected chi connectivity index (χ0v) is 26.0. The summed E-state index contributed by atoms with van der Waals surface area (Å²) in [7, 11) is -2.42. The fourth-order valence-corrected chi connectivity index (χ4v) is 12.2. The summed E-state index contributed by atoms with van der Waals surface area (Å²) in [6, 6.07) is 28.0. The monoisotopic (exact) mass is 574 g/mol. The van der Waals surface area contributed by atoms with Crippen LogP contribution in [0, 0.1) is 26.7 Å². The number of aryl methyl sites for hydroxylation is 3. The maximum absolute atomic E-state index is 2.53. The molecule has 0 amide bonds. The Hall–Kier alpha value is -1.06. The molecule has 3 aromatic carbocycles. The van der Waals surface area contributed by atoms with Crippen LogP contribution in [-0.4, -0.2) is 8.07 Å². The largest absolute Gasteiger partial charge is 1.00 e. The van der Waals surface area contributed by atoms with Crippen LogP contribution in [0.15, 0.2) is 93.5 Å². The van der Waals surface area contributed by atoms with Crippen LogP contribution < -0.4 is 52.8 Å². The van der Waals surface area contributed by atoms with E-state index in [1.807, 2.05) is 0 Å². The van der Waals surface area contributed by atoms with Crippen LogP contribution in [0.1, 0.15) is 43.4 Å². The number of benzene rings is 3. The Morgan fingerprint density at radius 3 is 1.49 bits per heavy atom. The molecule has 0 radical (unpaired) electrons. The standard InChI is InChI=1S/C30H33Si.3ClH.Ti/c1-6-25(5)26-16-17-30(21-26)31(27-13-7-10-22(2)18-27,28-14-8-11-23(3)19-28)29-15-9-12-24(4)20-29;;;;/h7-16,18-20,25H,6,17H2,1-5H3;3*1H;/q;;;;+3/p-3. The molecule has 0 nitrogen and oxygen atoms in total. The first-order valence-corrected chi connectivity index (χ1v) is 14.5. The fourth-order valence-electron chi connectivity index (χ4n) is 5.26. The second-order valence-electron chi connectivity index (χ2n) is 9.38. The van der Waals surface area contributed by atoms with Crippen LogP contribution >= 0.6 is 0 Å². The van der Waals surface area contributed by atoms with Gasteiger partial charge in [-0.2, -0.15) is 0 Å². The minimum absolute atomic E-state index is 0. The maximum Gasteiger partial charge on any atom is -1.00 e. The van der Waals surface area contributed by atoms with Crippen LogP contribution in [0.25, 0.3) is 0 Å². The van der Waals surface area contributed by atoms with E-state index in [-0.39, 0.29) is 37.2 Å². The molecular formula is C30H33Cl3SiTi. The van der Waals surface area contributed by atoms with Crippen molar-refractivity contribution in [3.63, 3.8) is 0 Å². The Morgan fingerprint density at radius 2 is 1.14 bits per heavy atom. The van der Waals surface area contributed by atoms with E-state index >= 15 is 0 Å². The second-order valence-corrected chi connectivity index (χ2v) is 14.0. The van der Waals surface area contributed by atoms with Gasteiger partial charge in [0, 0.05) is 0 Å². The number of rotatable bonds is 6. The molecule has 0 spiro atoms. The van der Waals surface area contributed by atoms with Crippen LogP contribution in [0.2, 0.25) is 0 Å². The SMILES string of the molecule is CCC(C)C1=CCC([Si](c2cccc(C)c2)(c2cccc(C)c2)c2cccc(C)c2)=[C]1[Ti+3].[Cl-].[Cl-].[Cl-]. The quantitative estimate of drug-likeness (QED) is 0.215. The summed E-state index contributed by atoms with van der Waals surface area (Å²) in [6.45, 7) is 11.4. The van der Waals surface area contributed by atoms with Crippen molar-refractivity contribution in [2.45, 2.75) is 47.5 Å². The summed E-state index contributed by atoms with van der Waals surface area (Å²) in [4.78, 5) is 0. The van der Waals surface area contributed by atoms with Gasteiger partial charge in [-0.25, -0.2) is 0 Å². The van der Waals surface area contributed by atoms with Crippen LogP contribution in [0.3, 0.4) is 0 Å². The van der Waals surface area contributed by atoms with E-state index in [2.05, 4.69) is 134 Å². The minimum atomic E-state index is -2.42. The van der Waals surface area contributed by atoms with E-state index in [1.165, 1.54) is 42.5 Å². The van der Waals surface area contributed by atoms with Gasteiger partial charge in [0.2, 0.25) is 0 Å². The van der Waals surface area contributed by atoms with E-state index in [9.17, 15) is 0 Å². The van der Waals surface area contributed by atoms with Crippen molar-refractivity contribution in [2.24, 2.45) is 5.92 Å². The van der Waals surface area contributed by atoms with Crippen molar-refractivity contribution in [3.05, 3.63) is 110 Å². The third kappa shape index (κ3) is 6.09. The third-order valence-corrected chi connectivity index (χ3v) is 13.3. The van der Waals surface area contributed by atoms with Crippen LogP contribution in [0.4, 0.5) is 0 Å². The van der Waals surface area contributed by atoms with Crippen molar-refractivity contribution in [3.8, 4) is 0 Å². The van der Waals surface area contributed by atoms with Crippen molar-refractivity contribution < 1.29 is 57.7 Å². The summed E-state index contributed by atoms with van der Waals surface area (Å²) in [6.07, 6.45) is 4.78. The van der Waals surface area contributed by atoms with Gasteiger partial charge in [0.25, 0.3) is 0 Å². The summed E-state index contributed by atoms with van der Waals surface area (Å²) >= 11 is 2.39. The van der Waals surface area contributed by atoms with Crippen molar-refractivity contribution in [1.82, 2.24) is 0 Å². The molecule has 0 saturated carbocycles. The van der Waals surface area contributed by atoms with Gasteiger partial charge in [-0.3, -0.25) is 0 Å². The van der Waals surface area contributed by atoms with Gasteiger partial charge in [0.1, 0.15) is 0 Å². The van der Waals surface area contributed by atoms with Gasteiger partial charge in [0.05, 0.1) is 0 Å². The zero-order chi connectivity index (χ0) is 22.9. The average Bonchev–Trinajstić information content (AvgIpc) is 3.16. The van der Waals surface area contributed by atoms with E-state index in [0.29, 0.717) is 5.92 Å². The van der Waals surface area contributed by atoms with E-state index < -0.39 is 8.07 Å². The molecule has 0 saturated heterocycles. The van der Waals surface area contributed by atoms with Gasteiger partial charge in [-0.05, 0) is 0 Å². The van der Waals surface area contributed by atoms with Gasteiger partial charge in [-0.15, -0.1) is 0 Å². The molecule has 3 aromatic rings. The first-order valence-electron chi connectivity index (χ1n) is 11.7. The molecule has 0 fully saturated rings. The summed E-state index contributed by atoms with van der Waals surface area (Å²) in [5.74, 6) is 0.603. The first kappa shape index (κ1) is 32.0. The predicted octanol–water partition coefficient (Wildman–Crippen LogP) is -3.19. The Bertz CT molecular complexity index is 1100. The number of hydrogen-bond donors (Lipinski definition) is 0. The number of allylic oxidation sites excluding steroid dienone is 4. The molecule has 182 valence electrons. The number of halogens is 3. The smallest absolute Gasteiger partial charge is 1.00 e. The van der Waals surface area contributed by atoms with Gasteiger partial charge < -0.3 is 37.2 Å². The zero-order valence-electron chi connectivity index (χ0n) is 21.1. The van der Waals surface area contributed by atoms with Crippen LogP contribution in [-0.2, 0) is 20.4 Å². The Balaban J connectivity index is 0.00000204. The molecule has 35 heavy (non-hydrogen) atoms. The topological polar surface area (TPSA) is 0 Å². The molecule has 5 heteroatoms. The second kappa shape index (κ2) is 13.5. The van der Waals surface area contributed by atoms with Crippen LogP contribution in [0.5, 0.6) is 0 Å². The minimum Gasteiger partial charge on any atom is -1.00 e. The maximum atomic E-state index is 2.53. The van der Waals surface area contributed by atoms with Crippen molar-refractivity contribution >= 4 is 23.6 Å². The van der Waals surface area contributed by atoms with Gasteiger partial charge >= 0.3 is 208 Å². The predicted molar refractivity (Wildman–Crippen MR) is 137 cm³/mol. The van der Waals surface area contributed by atoms with Crippen molar-refractivity contribution in [2.75, 3.05) is 0 Å². The Labute approximate surface area is 243 Å². The fraction of sp³-hybridized carbons (Fsp3) is 0.267. The van der Waals surface area contributed by atoms with Crippen molar-refractivity contribution in [1.29, 1.82) is 0 Å². The molecule has 0 heterocycles. The Kier molecular flexibility index (Phi) is 12.3. The molecule has 1 aliphatic carbocycles. The average molecular weight is 576 g/mol. The first-order chi connectivity index (χ1) is 15.4. The molecule has 1 aliphatic rings. The molecule has 1 atom stereocenters. The van der Waals surface area contributed by atoms with E-state index in [0.717, 1.165) is 6.42 Å². The normalized spacial score (nSPS) is 13.9. The van der Waals surface area contributed by atoms with Gasteiger partial charge in [0.15, 0.2) is 0 Å². The molecule has 1 unspecified atom stereocenters. The van der Waals surface area contributed by atoms with Gasteiger partial charge in [-0.1, -0.05) is 0 Å². The molecule has 0 aliphatic heterocycles. The molecule has 4 rings (SSSR count). The summed E-state index contributed by atoms with van der Waals surface area (Å²) in [5, 5.41) is 6.17. The summed E-state index contributed by atoms with van der Waals surface area (Å²) < 4.78 is 1.54. The molecule has 0 aromatic heterocycles. The van der Waals surface area contributed by atoms with E-state index in [1.54, 1.807) is 10.8 Å². The number of hydrogen-bond acceptors (Lipinski definition) is 0. The Morgan fingerprint density at radius 1 is 0.743 bits per heavy atom. The summed E-state index contributed by atoms with van der Waals surface area (Å²) in [5.41, 5.74) is 5.58. The molecule has 0 bridgehead atoms. The third-order valence-electron chi connectivity index (χ3n) is 7.07.